The third-order valence-corrected chi connectivity index (χ3v) is 4.67. The molecule has 1 saturated heterocycles. The topological polar surface area (TPSA) is 15.3 Å². The van der Waals surface area contributed by atoms with Crippen molar-refractivity contribution < 1.29 is 0 Å². The van der Waals surface area contributed by atoms with Gasteiger partial charge in [-0.25, -0.2) is 0 Å². The normalized spacial score (nSPS) is 20.3. The van der Waals surface area contributed by atoms with E-state index >= 15 is 0 Å². The highest BCUT2D eigenvalue weighted by Gasteiger charge is 2.31. The van der Waals surface area contributed by atoms with E-state index in [1.54, 1.807) is 0 Å². The van der Waals surface area contributed by atoms with Crippen molar-refractivity contribution >= 4 is 36.4 Å². The Bertz CT molecular complexity index is 443. The number of aryl methyl sites for hydroxylation is 1. The number of piperazine rings is 1. The molecule has 2 fully saturated rings. The van der Waals surface area contributed by atoms with Crippen molar-refractivity contribution in [3.05, 3.63) is 34.3 Å². The summed E-state index contributed by atoms with van der Waals surface area (Å²) in [6.45, 7) is 6.77. The predicted molar refractivity (Wildman–Crippen MR) is 95.2 cm³/mol. The average molecular weight is 352 g/mol. The lowest BCUT2D eigenvalue weighted by molar-refractivity contribution is 0.160. The SMILES string of the molecule is Cc1cc(Cl)ccc1[C@@H](CC1CC1)N1CCNCC1.Cl.Cl. The summed E-state index contributed by atoms with van der Waals surface area (Å²) in [5, 5.41) is 4.30. The van der Waals surface area contributed by atoms with Crippen molar-refractivity contribution in [2.45, 2.75) is 32.2 Å². The number of hydrogen-bond donors (Lipinski definition) is 1. The molecule has 0 unspecified atom stereocenters. The maximum atomic E-state index is 6.10. The number of nitrogens with zero attached hydrogens (tertiary/aromatic N) is 1. The van der Waals surface area contributed by atoms with E-state index in [0.717, 1.165) is 24.0 Å². The number of nitrogens with one attached hydrogen (secondary N) is 1. The van der Waals surface area contributed by atoms with Gasteiger partial charge in [0.15, 0.2) is 0 Å². The van der Waals surface area contributed by atoms with Gasteiger partial charge in [0, 0.05) is 37.2 Å². The first-order valence-electron chi connectivity index (χ1n) is 7.45. The fraction of sp³-hybridized carbons (Fsp3) is 0.625. The summed E-state index contributed by atoms with van der Waals surface area (Å²) >= 11 is 6.10. The molecule has 1 atom stereocenters. The largest absolute Gasteiger partial charge is 0.314 e. The van der Waals surface area contributed by atoms with Crippen LogP contribution in [0.4, 0.5) is 0 Å². The van der Waals surface area contributed by atoms with Crippen molar-refractivity contribution in [3.8, 4) is 0 Å². The summed E-state index contributed by atoms with van der Waals surface area (Å²) in [7, 11) is 0. The molecule has 0 bridgehead atoms. The lowest BCUT2D eigenvalue weighted by atomic mass is 9.95. The molecule has 1 heterocycles. The second-order valence-corrected chi connectivity index (χ2v) is 6.42. The van der Waals surface area contributed by atoms with Crippen molar-refractivity contribution in [2.75, 3.05) is 26.2 Å². The number of benzene rings is 1. The van der Waals surface area contributed by atoms with Gasteiger partial charge in [-0.3, -0.25) is 4.90 Å². The molecule has 21 heavy (non-hydrogen) atoms. The number of halogens is 3. The smallest absolute Gasteiger partial charge is 0.0408 e. The summed E-state index contributed by atoms with van der Waals surface area (Å²) in [5.74, 6) is 0.954. The van der Waals surface area contributed by atoms with Crippen LogP contribution in [0.1, 0.15) is 36.4 Å². The zero-order valence-electron chi connectivity index (χ0n) is 12.5. The molecule has 0 aromatic heterocycles. The Morgan fingerprint density at radius 2 is 1.90 bits per heavy atom. The summed E-state index contributed by atoms with van der Waals surface area (Å²) in [4.78, 5) is 2.66. The molecule has 0 spiro atoms. The molecule has 1 N–H and O–H groups in total. The number of rotatable bonds is 4. The summed E-state index contributed by atoms with van der Waals surface area (Å²) < 4.78 is 0. The third kappa shape index (κ3) is 5.01. The molecule has 1 aliphatic carbocycles. The fourth-order valence-corrected chi connectivity index (χ4v) is 3.38. The van der Waals surface area contributed by atoms with E-state index in [1.165, 1.54) is 43.5 Å². The Balaban J connectivity index is 0.00000110. The van der Waals surface area contributed by atoms with E-state index < -0.39 is 0 Å². The van der Waals surface area contributed by atoms with E-state index in [9.17, 15) is 0 Å². The monoisotopic (exact) mass is 350 g/mol. The standard InChI is InChI=1S/C16H23ClN2.2ClH/c1-12-10-14(17)4-5-15(12)16(11-13-2-3-13)19-8-6-18-7-9-19;;/h4-5,10,13,16,18H,2-3,6-9,11H2,1H3;2*1H/t16-;;/m1../s1. The van der Waals surface area contributed by atoms with Gasteiger partial charge in [0.2, 0.25) is 0 Å². The minimum atomic E-state index is 0. The first-order valence-corrected chi connectivity index (χ1v) is 7.82. The maximum absolute atomic E-state index is 6.10. The molecular weight excluding hydrogens is 327 g/mol. The van der Waals surface area contributed by atoms with Crippen molar-refractivity contribution in [1.29, 1.82) is 0 Å². The van der Waals surface area contributed by atoms with E-state index in [-0.39, 0.29) is 24.8 Å². The summed E-state index contributed by atoms with van der Waals surface area (Å²) in [6.07, 6.45) is 4.17. The molecule has 120 valence electrons. The second kappa shape index (κ2) is 8.59. The molecule has 2 aliphatic rings. The molecule has 1 aliphatic heterocycles. The zero-order chi connectivity index (χ0) is 13.2. The van der Waals surface area contributed by atoms with Crippen molar-refractivity contribution in [2.24, 2.45) is 5.92 Å². The molecule has 2 nitrogen and oxygen atoms in total. The van der Waals surface area contributed by atoms with Gasteiger partial charge in [0.1, 0.15) is 0 Å². The van der Waals surface area contributed by atoms with Gasteiger partial charge in [0.05, 0.1) is 0 Å². The molecule has 1 saturated carbocycles. The van der Waals surface area contributed by atoms with E-state index in [2.05, 4.69) is 29.3 Å². The van der Waals surface area contributed by atoms with Crippen LogP contribution >= 0.6 is 36.4 Å². The highest BCUT2D eigenvalue weighted by molar-refractivity contribution is 6.30. The van der Waals surface area contributed by atoms with Crippen molar-refractivity contribution in [3.63, 3.8) is 0 Å². The third-order valence-electron chi connectivity index (χ3n) is 4.44. The van der Waals surface area contributed by atoms with Crippen LogP contribution < -0.4 is 5.32 Å². The van der Waals surface area contributed by atoms with Gasteiger partial charge in [-0.1, -0.05) is 30.5 Å². The highest BCUT2D eigenvalue weighted by Crippen LogP contribution is 2.41. The van der Waals surface area contributed by atoms with Gasteiger partial charge < -0.3 is 5.32 Å². The van der Waals surface area contributed by atoms with Crippen LogP contribution in [0, 0.1) is 12.8 Å². The molecule has 3 rings (SSSR count). The van der Waals surface area contributed by atoms with E-state index in [0.29, 0.717) is 6.04 Å². The molecule has 1 aromatic rings. The Labute approximate surface area is 145 Å². The second-order valence-electron chi connectivity index (χ2n) is 5.98. The van der Waals surface area contributed by atoms with Crippen LogP contribution in [0.2, 0.25) is 5.02 Å². The van der Waals surface area contributed by atoms with E-state index in [1.807, 2.05) is 6.07 Å². The minimum Gasteiger partial charge on any atom is -0.314 e. The molecule has 0 amide bonds. The van der Waals surface area contributed by atoms with Crippen LogP contribution in [-0.4, -0.2) is 31.1 Å². The molecule has 5 heteroatoms. The van der Waals surface area contributed by atoms with Gasteiger partial charge in [-0.2, -0.15) is 0 Å². The first-order chi connectivity index (χ1) is 9.24. The van der Waals surface area contributed by atoms with Crippen LogP contribution in [0.5, 0.6) is 0 Å². The van der Waals surface area contributed by atoms with E-state index in [4.69, 9.17) is 11.6 Å². The minimum absolute atomic E-state index is 0. The molecule has 1 aromatic carbocycles. The average Bonchev–Trinajstić information content (AvgIpc) is 3.22. The van der Waals surface area contributed by atoms with Gasteiger partial charge >= 0.3 is 0 Å². The quantitative estimate of drug-likeness (QED) is 0.873. The summed E-state index contributed by atoms with van der Waals surface area (Å²) in [5.41, 5.74) is 2.83. The van der Waals surface area contributed by atoms with Crippen LogP contribution in [0.15, 0.2) is 18.2 Å². The zero-order valence-corrected chi connectivity index (χ0v) is 14.9. The Morgan fingerprint density at radius 3 is 2.48 bits per heavy atom. The van der Waals surface area contributed by atoms with Crippen LogP contribution in [0.25, 0.3) is 0 Å². The van der Waals surface area contributed by atoms with Crippen molar-refractivity contribution in [1.82, 2.24) is 10.2 Å². The molecular formula is C16H25Cl3N2. The lowest BCUT2D eigenvalue weighted by Gasteiger charge is -2.36. The summed E-state index contributed by atoms with van der Waals surface area (Å²) in [6, 6.07) is 6.99. The Hall–Kier alpha value is 0.01000. The Morgan fingerprint density at radius 1 is 1.24 bits per heavy atom. The first kappa shape index (κ1) is 19.1. The molecule has 0 radical (unpaired) electrons. The Kier molecular flexibility index (Phi) is 7.80. The van der Waals surface area contributed by atoms with Gasteiger partial charge in [-0.05, 0) is 42.5 Å². The fourth-order valence-electron chi connectivity index (χ4n) is 3.15. The predicted octanol–water partition coefficient (Wildman–Crippen LogP) is 4.24. The number of hydrogen-bond acceptors (Lipinski definition) is 2. The lowest BCUT2D eigenvalue weighted by Crippen LogP contribution is -2.45. The highest BCUT2D eigenvalue weighted by atomic mass is 35.5. The maximum Gasteiger partial charge on any atom is 0.0408 e. The van der Waals surface area contributed by atoms with Crippen LogP contribution in [0.3, 0.4) is 0 Å². The van der Waals surface area contributed by atoms with Gasteiger partial charge in [0.25, 0.3) is 0 Å². The van der Waals surface area contributed by atoms with Gasteiger partial charge in [-0.15, -0.1) is 24.8 Å². The van der Waals surface area contributed by atoms with Crippen LogP contribution in [-0.2, 0) is 0 Å².